The summed E-state index contributed by atoms with van der Waals surface area (Å²) in [5, 5.41) is 0. The molecule has 0 amide bonds. The Kier molecular flexibility index (Phi) is 6.38. The monoisotopic (exact) mass is 315 g/mol. The fourth-order valence-corrected chi connectivity index (χ4v) is 4.30. The minimum atomic E-state index is 0.695. The lowest BCUT2D eigenvalue weighted by atomic mass is 9.85. The topological polar surface area (TPSA) is 12.5 Å². The van der Waals surface area contributed by atoms with Gasteiger partial charge in [0, 0.05) is 12.5 Å². The Hall–Kier alpha value is -1.02. The number of rotatable bonds is 6. The molecule has 0 spiro atoms. The molecule has 0 N–H and O–H groups in total. The van der Waals surface area contributed by atoms with Gasteiger partial charge >= 0.3 is 0 Å². The molecule has 1 aromatic rings. The summed E-state index contributed by atoms with van der Waals surface area (Å²) < 4.78 is 6.24. The number of hydrogen-bond acceptors (Lipinski definition) is 2. The van der Waals surface area contributed by atoms with Crippen LogP contribution in [0.4, 0.5) is 0 Å². The molecule has 23 heavy (non-hydrogen) atoms. The van der Waals surface area contributed by atoms with Crippen LogP contribution in [0.1, 0.15) is 56.9 Å². The standard InChI is InChI=1S/C21H33NO/c1-22-15-7-10-19(16-22)17-23-21-12-6-5-11-20(21)14-13-18-8-3-2-4-9-18/h5-6,11-12,18-19H,2-4,7-10,13-17H2,1H3. The van der Waals surface area contributed by atoms with Gasteiger partial charge < -0.3 is 9.64 Å². The van der Waals surface area contributed by atoms with E-state index in [0.717, 1.165) is 18.3 Å². The van der Waals surface area contributed by atoms with E-state index >= 15 is 0 Å². The van der Waals surface area contributed by atoms with Crippen LogP contribution in [0.5, 0.6) is 5.75 Å². The molecule has 1 saturated carbocycles. The van der Waals surface area contributed by atoms with Crippen LogP contribution in [0.25, 0.3) is 0 Å². The van der Waals surface area contributed by atoms with Crippen LogP contribution in [-0.2, 0) is 6.42 Å². The van der Waals surface area contributed by atoms with E-state index in [9.17, 15) is 0 Å². The molecule has 1 heterocycles. The normalized spacial score (nSPS) is 23.8. The fourth-order valence-electron chi connectivity index (χ4n) is 4.30. The van der Waals surface area contributed by atoms with Gasteiger partial charge in [0.1, 0.15) is 5.75 Å². The van der Waals surface area contributed by atoms with E-state index < -0.39 is 0 Å². The van der Waals surface area contributed by atoms with Gasteiger partial charge in [-0.2, -0.15) is 0 Å². The molecule has 3 rings (SSSR count). The van der Waals surface area contributed by atoms with Crippen LogP contribution in [0.2, 0.25) is 0 Å². The molecule has 1 aliphatic carbocycles. The molecular formula is C21H33NO. The van der Waals surface area contributed by atoms with Crippen molar-refractivity contribution in [3.05, 3.63) is 29.8 Å². The maximum Gasteiger partial charge on any atom is 0.122 e. The fraction of sp³-hybridized carbons (Fsp3) is 0.714. The second-order valence-electron chi connectivity index (χ2n) is 7.73. The molecule has 1 unspecified atom stereocenters. The van der Waals surface area contributed by atoms with Gasteiger partial charge in [-0.1, -0.05) is 50.3 Å². The summed E-state index contributed by atoms with van der Waals surface area (Å²) in [4.78, 5) is 2.44. The largest absolute Gasteiger partial charge is 0.493 e. The highest BCUT2D eigenvalue weighted by molar-refractivity contribution is 5.33. The minimum absolute atomic E-state index is 0.695. The molecule has 2 nitrogen and oxygen atoms in total. The van der Waals surface area contributed by atoms with Gasteiger partial charge in [-0.3, -0.25) is 0 Å². The van der Waals surface area contributed by atoms with E-state index in [1.165, 1.54) is 76.4 Å². The van der Waals surface area contributed by atoms with Crippen LogP contribution >= 0.6 is 0 Å². The van der Waals surface area contributed by atoms with Crippen molar-refractivity contribution in [3.8, 4) is 5.75 Å². The maximum atomic E-state index is 6.24. The quantitative estimate of drug-likeness (QED) is 0.739. The van der Waals surface area contributed by atoms with E-state index in [1.54, 1.807) is 0 Å². The highest BCUT2D eigenvalue weighted by atomic mass is 16.5. The number of benzene rings is 1. The number of likely N-dealkylation sites (tertiary alicyclic amines) is 1. The van der Waals surface area contributed by atoms with Crippen molar-refractivity contribution in [2.75, 3.05) is 26.7 Å². The summed E-state index contributed by atoms with van der Waals surface area (Å²) in [7, 11) is 2.23. The van der Waals surface area contributed by atoms with Gasteiger partial charge in [-0.15, -0.1) is 0 Å². The number of piperidine rings is 1. The Bertz CT molecular complexity index is 467. The second-order valence-corrected chi connectivity index (χ2v) is 7.73. The smallest absolute Gasteiger partial charge is 0.122 e. The van der Waals surface area contributed by atoms with E-state index in [1.807, 2.05) is 0 Å². The zero-order chi connectivity index (χ0) is 15.9. The van der Waals surface area contributed by atoms with Crippen molar-refractivity contribution in [2.45, 2.75) is 57.8 Å². The van der Waals surface area contributed by atoms with Gasteiger partial charge in [0.2, 0.25) is 0 Å². The number of aryl methyl sites for hydroxylation is 1. The van der Waals surface area contributed by atoms with Crippen LogP contribution < -0.4 is 4.74 Å². The minimum Gasteiger partial charge on any atom is -0.493 e. The van der Waals surface area contributed by atoms with Crippen molar-refractivity contribution < 1.29 is 4.74 Å². The highest BCUT2D eigenvalue weighted by Crippen LogP contribution is 2.29. The van der Waals surface area contributed by atoms with Crippen LogP contribution in [0.3, 0.4) is 0 Å². The average molecular weight is 316 g/mol. The number of hydrogen-bond donors (Lipinski definition) is 0. The van der Waals surface area contributed by atoms with Crippen molar-refractivity contribution in [1.29, 1.82) is 0 Å². The molecule has 2 aliphatic rings. The van der Waals surface area contributed by atoms with E-state index in [0.29, 0.717) is 5.92 Å². The molecule has 1 aliphatic heterocycles. The van der Waals surface area contributed by atoms with Gasteiger partial charge in [-0.05, 0) is 56.8 Å². The Balaban J connectivity index is 1.50. The summed E-state index contributed by atoms with van der Waals surface area (Å²) in [6.07, 6.45) is 12.4. The first-order chi connectivity index (χ1) is 11.3. The predicted octanol–water partition coefficient (Wildman–Crippen LogP) is 4.92. The zero-order valence-electron chi connectivity index (χ0n) is 14.8. The lowest BCUT2D eigenvalue weighted by molar-refractivity contribution is 0.149. The lowest BCUT2D eigenvalue weighted by Crippen LogP contribution is -2.34. The summed E-state index contributed by atoms with van der Waals surface area (Å²) in [5.41, 5.74) is 1.42. The third-order valence-electron chi connectivity index (χ3n) is 5.72. The molecule has 0 radical (unpaired) electrons. The number of nitrogens with zero attached hydrogens (tertiary/aromatic N) is 1. The molecule has 1 atom stereocenters. The van der Waals surface area contributed by atoms with Crippen molar-refractivity contribution in [3.63, 3.8) is 0 Å². The molecule has 1 saturated heterocycles. The predicted molar refractivity (Wildman–Crippen MR) is 97.1 cm³/mol. The van der Waals surface area contributed by atoms with E-state index in [-0.39, 0.29) is 0 Å². The average Bonchev–Trinajstić information content (AvgIpc) is 2.60. The third-order valence-corrected chi connectivity index (χ3v) is 5.72. The summed E-state index contributed by atoms with van der Waals surface area (Å²) in [5.74, 6) is 2.78. The molecule has 0 aromatic heterocycles. The summed E-state index contributed by atoms with van der Waals surface area (Å²) in [6, 6.07) is 8.72. The van der Waals surface area contributed by atoms with Gasteiger partial charge in [0.25, 0.3) is 0 Å². The van der Waals surface area contributed by atoms with Crippen molar-refractivity contribution in [1.82, 2.24) is 4.90 Å². The summed E-state index contributed by atoms with van der Waals surface area (Å²) >= 11 is 0. The first kappa shape index (κ1) is 16.8. The summed E-state index contributed by atoms with van der Waals surface area (Å²) in [6.45, 7) is 3.31. The Morgan fingerprint density at radius 1 is 1.00 bits per heavy atom. The molecule has 2 heteroatoms. The van der Waals surface area contributed by atoms with Crippen LogP contribution in [-0.4, -0.2) is 31.6 Å². The third kappa shape index (κ3) is 5.24. The van der Waals surface area contributed by atoms with Gasteiger partial charge in [-0.25, -0.2) is 0 Å². The number of ether oxygens (including phenoxy) is 1. The zero-order valence-corrected chi connectivity index (χ0v) is 14.8. The van der Waals surface area contributed by atoms with Crippen LogP contribution in [0, 0.1) is 11.8 Å². The first-order valence-corrected chi connectivity index (χ1v) is 9.70. The van der Waals surface area contributed by atoms with Gasteiger partial charge in [0.15, 0.2) is 0 Å². The Morgan fingerprint density at radius 3 is 2.61 bits per heavy atom. The Labute approximate surface area is 142 Å². The maximum absolute atomic E-state index is 6.24. The van der Waals surface area contributed by atoms with E-state index in [4.69, 9.17) is 4.74 Å². The van der Waals surface area contributed by atoms with Crippen molar-refractivity contribution in [2.24, 2.45) is 11.8 Å². The van der Waals surface area contributed by atoms with E-state index in [2.05, 4.69) is 36.2 Å². The molecule has 2 fully saturated rings. The highest BCUT2D eigenvalue weighted by Gasteiger charge is 2.18. The number of para-hydroxylation sites is 1. The van der Waals surface area contributed by atoms with Crippen LogP contribution in [0.15, 0.2) is 24.3 Å². The second kappa shape index (κ2) is 8.73. The Morgan fingerprint density at radius 2 is 1.78 bits per heavy atom. The molecular weight excluding hydrogens is 282 g/mol. The molecule has 0 bridgehead atoms. The first-order valence-electron chi connectivity index (χ1n) is 9.70. The van der Waals surface area contributed by atoms with Crippen molar-refractivity contribution >= 4 is 0 Å². The SMILES string of the molecule is CN1CCCC(COc2ccccc2CCC2CCCCC2)C1. The molecule has 128 valence electrons. The van der Waals surface area contributed by atoms with Gasteiger partial charge in [0.05, 0.1) is 6.61 Å². The molecule has 1 aromatic carbocycles. The lowest BCUT2D eigenvalue weighted by Gasteiger charge is -2.29.